The Kier molecular flexibility index (Phi) is 5.02. The first-order valence-electron chi connectivity index (χ1n) is 9.04. The molecule has 1 heterocycles. The van der Waals surface area contributed by atoms with Gasteiger partial charge in [0.2, 0.25) is 10.0 Å². The lowest BCUT2D eigenvalue weighted by atomic mass is 10.0. The van der Waals surface area contributed by atoms with Gasteiger partial charge in [-0.15, -0.1) is 0 Å². The summed E-state index contributed by atoms with van der Waals surface area (Å²) in [5.74, 6) is 0.215. The molecule has 6 nitrogen and oxygen atoms in total. The van der Waals surface area contributed by atoms with Crippen molar-refractivity contribution in [3.63, 3.8) is 0 Å². The summed E-state index contributed by atoms with van der Waals surface area (Å²) in [5.41, 5.74) is 1.14. The Balaban J connectivity index is 1.59. The predicted octanol–water partition coefficient (Wildman–Crippen LogP) is 3.24. The van der Waals surface area contributed by atoms with E-state index in [4.69, 9.17) is 4.42 Å². The lowest BCUT2D eigenvalue weighted by Gasteiger charge is -2.17. The molecule has 1 aliphatic rings. The van der Waals surface area contributed by atoms with Gasteiger partial charge in [-0.3, -0.25) is 4.79 Å². The van der Waals surface area contributed by atoms with Gasteiger partial charge in [-0.1, -0.05) is 36.4 Å². The molecule has 144 valence electrons. The molecule has 1 aromatic heterocycles. The molecule has 1 unspecified atom stereocenters. The lowest BCUT2D eigenvalue weighted by molar-refractivity contribution is 0.0938. The van der Waals surface area contributed by atoms with Crippen molar-refractivity contribution in [1.29, 1.82) is 0 Å². The van der Waals surface area contributed by atoms with Gasteiger partial charge in [0.1, 0.15) is 11.8 Å². The molecule has 2 N–H and O–H groups in total. The van der Waals surface area contributed by atoms with Crippen LogP contribution < -0.4 is 10.0 Å². The fraction of sp³-hybridized carbons (Fsp3) is 0.190. The molecule has 0 bridgehead atoms. The summed E-state index contributed by atoms with van der Waals surface area (Å²) in [6.07, 6.45) is 3.25. The van der Waals surface area contributed by atoms with Gasteiger partial charge < -0.3 is 9.73 Å². The highest BCUT2D eigenvalue weighted by Gasteiger charge is 2.28. The average molecular weight is 396 g/mol. The number of nitrogens with one attached hydrogen (secondary N) is 2. The third-order valence-corrected chi connectivity index (χ3v) is 6.06. The molecule has 1 fully saturated rings. The van der Waals surface area contributed by atoms with Crippen molar-refractivity contribution in [2.24, 2.45) is 0 Å². The van der Waals surface area contributed by atoms with Crippen LogP contribution in [-0.4, -0.2) is 20.4 Å². The molecule has 1 saturated carbocycles. The Hall–Kier alpha value is -2.90. The molecule has 3 aromatic rings. The van der Waals surface area contributed by atoms with Gasteiger partial charge in [0.05, 0.1) is 11.2 Å². The minimum absolute atomic E-state index is 0.00361. The van der Waals surface area contributed by atoms with E-state index in [9.17, 15) is 13.2 Å². The largest absolute Gasteiger partial charge is 0.467 e. The molecule has 0 spiro atoms. The number of hydrogen-bond acceptors (Lipinski definition) is 4. The van der Waals surface area contributed by atoms with E-state index >= 15 is 0 Å². The number of rotatable bonds is 7. The zero-order valence-corrected chi connectivity index (χ0v) is 15.9. The highest BCUT2D eigenvalue weighted by molar-refractivity contribution is 7.89. The minimum Gasteiger partial charge on any atom is -0.467 e. The van der Waals surface area contributed by atoms with Crippen LogP contribution in [0.1, 0.15) is 40.6 Å². The summed E-state index contributed by atoms with van der Waals surface area (Å²) in [7, 11) is -3.63. The fourth-order valence-corrected chi connectivity index (χ4v) is 4.28. The first-order valence-corrected chi connectivity index (χ1v) is 10.5. The number of benzene rings is 2. The molecule has 1 aliphatic carbocycles. The second-order valence-corrected chi connectivity index (χ2v) is 8.47. The van der Waals surface area contributed by atoms with Crippen molar-refractivity contribution in [1.82, 2.24) is 10.0 Å². The van der Waals surface area contributed by atoms with Crippen LogP contribution in [0.2, 0.25) is 0 Å². The first kappa shape index (κ1) is 18.5. The van der Waals surface area contributed by atoms with E-state index in [1.54, 1.807) is 30.5 Å². The summed E-state index contributed by atoms with van der Waals surface area (Å²) >= 11 is 0. The van der Waals surface area contributed by atoms with E-state index < -0.39 is 16.1 Å². The molecule has 1 amide bonds. The van der Waals surface area contributed by atoms with Gasteiger partial charge in [-0.05, 0) is 48.7 Å². The second-order valence-electron chi connectivity index (χ2n) is 6.76. The van der Waals surface area contributed by atoms with Crippen LogP contribution in [0, 0.1) is 0 Å². The molecule has 1 atom stereocenters. The first-order chi connectivity index (χ1) is 13.5. The smallest absolute Gasteiger partial charge is 0.252 e. The standard InChI is InChI=1S/C21H20N2O4S/c24-21(16-8-4-9-18(14-16)28(25,26)23-17-11-12-17)22-20(19-10-5-13-27-19)15-6-2-1-3-7-15/h1-10,13-14,17,20,23H,11-12H2,(H,22,24). The van der Waals surface area contributed by atoms with E-state index in [0.29, 0.717) is 5.76 Å². The van der Waals surface area contributed by atoms with Crippen molar-refractivity contribution < 1.29 is 17.6 Å². The average Bonchev–Trinajstić information content (AvgIpc) is 3.34. The van der Waals surface area contributed by atoms with E-state index in [1.807, 2.05) is 30.3 Å². The van der Waals surface area contributed by atoms with E-state index in [0.717, 1.165) is 18.4 Å². The highest BCUT2D eigenvalue weighted by Crippen LogP contribution is 2.24. The Morgan fingerprint density at radius 3 is 2.46 bits per heavy atom. The molecular formula is C21H20N2O4S. The van der Waals surface area contributed by atoms with Crippen molar-refractivity contribution in [3.8, 4) is 0 Å². The lowest BCUT2D eigenvalue weighted by Crippen LogP contribution is -2.30. The Morgan fingerprint density at radius 2 is 1.79 bits per heavy atom. The summed E-state index contributed by atoms with van der Waals surface area (Å²) in [5, 5.41) is 2.94. The van der Waals surface area contributed by atoms with Crippen molar-refractivity contribution >= 4 is 15.9 Å². The molecule has 0 radical (unpaired) electrons. The predicted molar refractivity (Wildman–Crippen MR) is 104 cm³/mol. The molecule has 2 aromatic carbocycles. The summed E-state index contributed by atoms with van der Waals surface area (Å²) in [4.78, 5) is 13.0. The zero-order chi connectivity index (χ0) is 19.6. The number of carbonyl (C=O) groups excluding carboxylic acids is 1. The number of amides is 1. The summed E-state index contributed by atoms with van der Waals surface area (Å²) in [6, 6.07) is 18.6. The van der Waals surface area contributed by atoms with Crippen molar-refractivity contribution in [2.75, 3.05) is 0 Å². The minimum atomic E-state index is -3.63. The van der Waals surface area contributed by atoms with Crippen LogP contribution in [0.5, 0.6) is 0 Å². The van der Waals surface area contributed by atoms with Gasteiger partial charge in [0.15, 0.2) is 0 Å². The number of carbonyl (C=O) groups is 1. The van der Waals surface area contributed by atoms with Gasteiger partial charge in [0, 0.05) is 11.6 Å². The number of furan rings is 1. The molecule has 4 rings (SSSR count). The van der Waals surface area contributed by atoms with Crippen LogP contribution in [0.25, 0.3) is 0 Å². The monoisotopic (exact) mass is 396 g/mol. The van der Waals surface area contributed by atoms with Crippen LogP contribution in [0.3, 0.4) is 0 Å². The molecule has 28 heavy (non-hydrogen) atoms. The highest BCUT2D eigenvalue weighted by atomic mass is 32.2. The Morgan fingerprint density at radius 1 is 1.00 bits per heavy atom. The Bertz CT molecular complexity index is 1060. The van der Waals surface area contributed by atoms with Gasteiger partial charge >= 0.3 is 0 Å². The van der Waals surface area contributed by atoms with Crippen molar-refractivity contribution in [3.05, 3.63) is 89.9 Å². The maximum absolute atomic E-state index is 12.9. The van der Waals surface area contributed by atoms with Crippen molar-refractivity contribution in [2.45, 2.75) is 29.8 Å². The molecular weight excluding hydrogens is 376 g/mol. The third kappa shape index (κ3) is 4.16. The second kappa shape index (κ2) is 7.61. The topological polar surface area (TPSA) is 88.4 Å². The molecule has 7 heteroatoms. The normalized spacial score (nSPS) is 15.1. The van der Waals surface area contributed by atoms with E-state index in [2.05, 4.69) is 10.0 Å². The van der Waals surface area contributed by atoms with Gasteiger partial charge in [-0.25, -0.2) is 13.1 Å². The van der Waals surface area contributed by atoms with Crippen LogP contribution in [0.4, 0.5) is 0 Å². The van der Waals surface area contributed by atoms with E-state index in [1.165, 1.54) is 12.1 Å². The summed E-state index contributed by atoms with van der Waals surface area (Å²) in [6.45, 7) is 0. The molecule has 0 aliphatic heterocycles. The zero-order valence-electron chi connectivity index (χ0n) is 15.0. The fourth-order valence-electron chi connectivity index (χ4n) is 2.93. The summed E-state index contributed by atoms with van der Waals surface area (Å²) < 4.78 is 33.0. The maximum Gasteiger partial charge on any atom is 0.252 e. The molecule has 0 saturated heterocycles. The third-order valence-electron chi connectivity index (χ3n) is 4.54. The quantitative estimate of drug-likeness (QED) is 0.642. The van der Waals surface area contributed by atoms with E-state index in [-0.39, 0.29) is 22.4 Å². The number of sulfonamides is 1. The van der Waals surface area contributed by atoms with Gasteiger partial charge in [0.25, 0.3) is 5.91 Å². The number of hydrogen-bond donors (Lipinski definition) is 2. The maximum atomic E-state index is 12.9. The Labute approximate surface area is 163 Å². The van der Waals surface area contributed by atoms with Crippen LogP contribution in [0.15, 0.2) is 82.3 Å². The SMILES string of the molecule is O=C(NC(c1ccccc1)c1ccco1)c1cccc(S(=O)(=O)NC2CC2)c1. The van der Waals surface area contributed by atoms with Crippen LogP contribution >= 0.6 is 0 Å². The van der Waals surface area contributed by atoms with Crippen LogP contribution in [-0.2, 0) is 10.0 Å². The van der Waals surface area contributed by atoms with Gasteiger partial charge in [-0.2, -0.15) is 0 Å².